The molecular formula is C11H8BrFN6. The fraction of sp³-hybridized carbons (Fsp3) is 0. The van der Waals surface area contributed by atoms with E-state index in [2.05, 4.69) is 41.4 Å². The van der Waals surface area contributed by atoms with Gasteiger partial charge in [-0.1, -0.05) is 0 Å². The van der Waals surface area contributed by atoms with Gasteiger partial charge in [0, 0.05) is 5.69 Å². The maximum atomic E-state index is 13.2. The van der Waals surface area contributed by atoms with E-state index in [9.17, 15) is 4.39 Å². The molecule has 0 amide bonds. The van der Waals surface area contributed by atoms with Crippen molar-refractivity contribution in [3.63, 3.8) is 0 Å². The van der Waals surface area contributed by atoms with Crippen molar-refractivity contribution >= 4 is 44.4 Å². The van der Waals surface area contributed by atoms with Gasteiger partial charge in [-0.25, -0.2) is 4.39 Å². The number of nitrogens with one attached hydrogen (secondary N) is 2. The van der Waals surface area contributed by atoms with E-state index in [0.29, 0.717) is 27.0 Å². The van der Waals surface area contributed by atoms with Gasteiger partial charge >= 0.3 is 0 Å². The second-order valence-electron chi connectivity index (χ2n) is 3.82. The van der Waals surface area contributed by atoms with Gasteiger partial charge in [0.05, 0.1) is 16.1 Å². The predicted octanol–water partition coefficient (Wildman–Crippen LogP) is 2.58. The van der Waals surface area contributed by atoms with Gasteiger partial charge in [-0.05, 0) is 34.1 Å². The number of aromatic nitrogens is 4. The molecule has 0 aliphatic rings. The minimum Gasteiger partial charge on any atom is -0.368 e. The molecule has 1 aromatic carbocycles. The van der Waals surface area contributed by atoms with Crippen LogP contribution in [0.1, 0.15) is 0 Å². The van der Waals surface area contributed by atoms with Crippen LogP contribution in [-0.2, 0) is 0 Å². The van der Waals surface area contributed by atoms with E-state index in [0.717, 1.165) is 0 Å². The standard InChI is InChI=1S/C11H8BrFN6/c12-7-3-5(1-2-8(7)13)16-9-6-4-15-19-10(6)18-11(14)17-9/h1-4H,(H4,14,15,16,17,18,19). The Bertz CT molecular complexity index is 756. The zero-order valence-electron chi connectivity index (χ0n) is 9.48. The van der Waals surface area contributed by atoms with Gasteiger partial charge in [-0.15, -0.1) is 0 Å². The molecule has 2 aromatic heterocycles. The van der Waals surface area contributed by atoms with Gasteiger partial charge in [-0.2, -0.15) is 15.1 Å². The average Bonchev–Trinajstić information content (AvgIpc) is 2.82. The first-order chi connectivity index (χ1) is 9.13. The summed E-state index contributed by atoms with van der Waals surface area (Å²) in [5.41, 5.74) is 6.83. The highest BCUT2D eigenvalue weighted by molar-refractivity contribution is 9.10. The molecule has 0 saturated heterocycles. The Hall–Kier alpha value is -2.22. The summed E-state index contributed by atoms with van der Waals surface area (Å²) in [4.78, 5) is 8.12. The van der Waals surface area contributed by atoms with E-state index in [1.807, 2.05) is 0 Å². The molecule has 0 radical (unpaired) electrons. The number of fused-ring (bicyclic) bond motifs is 1. The van der Waals surface area contributed by atoms with Gasteiger partial charge in [0.25, 0.3) is 0 Å². The summed E-state index contributed by atoms with van der Waals surface area (Å²) < 4.78 is 13.5. The SMILES string of the molecule is Nc1nc(Nc2ccc(F)c(Br)c2)c2cn[nH]c2n1. The Labute approximate surface area is 115 Å². The summed E-state index contributed by atoms with van der Waals surface area (Å²) in [5.74, 6) is 0.302. The Kier molecular flexibility index (Phi) is 2.79. The number of benzene rings is 1. The summed E-state index contributed by atoms with van der Waals surface area (Å²) in [6.45, 7) is 0. The smallest absolute Gasteiger partial charge is 0.224 e. The molecular weight excluding hydrogens is 315 g/mol. The van der Waals surface area contributed by atoms with Crippen molar-refractivity contribution in [3.8, 4) is 0 Å². The van der Waals surface area contributed by atoms with Crippen molar-refractivity contribution < 1.29 is 4.39 Å². The molecule has 4 N–H and O–H groups in total. The summed E-state index contributed by atoms with van der Waals surface area (Å²) in [5, 5.41) is 10.4. The number of nitrogens with zero attached hydrogens (tertiary/aromatic N) is 3. The molecule has 0 fully saturated rings. The van der Waals surface area contributed by atoms with Crippen LogP contribution in [0.15, 0.2) is 28.9 Å². The average molecular weight is 323 g/mol. The molecule has 0 unspecified atom stereocenters. The Morgan fingerprint density at radius 3 is 2.95 bits per heavy atom. The van der Waals surface area contributed by atoms with Crippen molar-refractivity contribution in [2.75, 3.05) is 11.1 Å². The lowest BCUT2D eigenvalue weighted by Gasteiger charge is -2.07. The molecule has 0 aliphatic carbocycles. The fourth-order valence-electron chi connectivity index (χ4n) is 1.66. The third-order valence-electron chi connectivity index (χ3n) is 2.51. The lowest BCUT2D eigenvalue weighted by Crippen LogP contribution is -2.00. The minimum atomic E-state index is -0.332. The van der Waals surface area contributed by atoms with E-state index in [4.69, 9.17) is 5.73 Å². The van der Waals surface area contributed by atoms with E-state index < -0.39 is 0 Å². The Balaban J connectivity index is 2.04. The number of anilines is 3. The monoisotopic (exact) mass is 322 g/mol. The molecule has 3 aromatic rings. The summed E-state index contributed by atoms with van der Waals surface area (Å²) in [7, 11) is 0. The summed E-state index contributed by atoms with van der Waals surface area (Å²) in [6, 6.07) is 4.56. The Morgan fingerprint density at radius 2 is 2.16 bits per heavy atom. The molecule has 0 saturated carbocycles. The highest BCUT2D eigenvalue weighted by Gasteiger charge is 2.09. The van der Waals surface area contributed by atoms with Crippen molar-refractivity contribution in [1.29, 1.82) is 0 Å². The van der Waals surface area contributed by atoms with E-state index in [1.165, 1.54) is 6.07 Å². The van der Waals surface area contributed by atoms with Crippen LogP contribution in [0.3, 0.4) is 0 Å². The molecule has 0 aliphatic heterocycles. The van der Waals surface area contributed by atoms with Gasteiger partial charge in [-0.3, -0.25) is 5.10 Å². The Morgan fingerprint density at radius 1 is 1.32 bits per heavy atom. The number of halogens is 2. The van der Waals surface area contributed by atoms with Crippen LogP contribution in [0, 0.1) is 5.82 Å². The molecule has 0 spiro atoms. The fourth-order valence-corrected chi connectivity index (χ4v) is 2.04. The highest BCUT2D eigenvalue weighted by atomic mass is 79.9. The number of H-pyrrole nitrogens is 1. The van der Waals surface area contributed by atoms with Crippen LogP contribution in [0.4, 0.5) is 21.8 Å². The van der Waals surface area contributed by atoms with Gasteiger partial charge in [0.2, 0.25) is 5.95 Å². The summed E-state index contributed by atoms with van der Waals surface area (Å²) in [6.07, 6.45) is 1.59. The third kappa shape index (κ3) is 2.22. The van der Waals surface area contributed by atoms with Crippen LogP contribution in [0.5, 0.6) is 0 Å². The summed E-state index contributed by atoms with van der Waals surface area (Å²) >= 11 is 3.13. The van der Waals surface area contributed by atoms with Crippen molar-refractivity contribution in [1.82, 2.24) is 20.2 Å². The van der Waals surface area contributed by atoms with E-state index in [-0.39, 0.29) is 11.8 Å². The maximum absolute atomic E-state index is 13.2. The van der Waals surface area contributed by atoms with Crippen molar-refractivity contribution in [3.05, 3.63) is 34.7 Å². The first-order valence-electron chi connectivity index (χ1n) is 5.32. The lowest BCUT2D eigenvalue weighted by atomic mass is 10.3. The van der Waals surface area contributed by atoms with Crippen LogP contribution in [-0.4, -0.2) is 20.2 Å². The van der Waals surface area contributed by atoms with Gasteiger partial charge in [0.15, 0.2) is 5.65 Å². The largest absolute Gasteiger partial charge is 0.368 e. The number of hydrogen-bond donors (Lipinski definition) is 3. The van der Waals surface area contributed by atoms with Crippen molar-refractivity contribution in [2.24, 2.45) is 0 Å². The molecule has 6 nitrogen and oxygen atoms in total. The predicted molar refractivity (Wildman–Crippen MR) is 73.5 cm³/mol. The molecule has 0 atom stereocenters. The van der Waals surface area contributed by atoms with Crippen LogP contribution in [0.2, 0.25) is 0 Å². The molecule has 3 rings (SSSR count). The number of aromatic amines is 1. The van der Waals surface area contributed by atoms with Crippen molar-refractivity contribution in [2.45, 2.75) is 0 Å². The van der Waals surface area contributed by atoms with Crippen LogP contribution in [0.25, 0.3) is 11.0 Å². The highest BCUT2D eigenvalue weighted by Crippen LogP contribution is 2.26. The number of nitrogens with two attached hydrogens (primary N) is 1. The van der Waals surface area contributed by atoms with Crippen LogP contribution < -0.4 is 11.1 Å². The zero-order chi connectivity index (χ0) is 13.4. The molecule has 0 bridgehead atoms. The first kappa shape index (κ1) is 11.8. The first-order valence-corrected chi connectivity index (χ1v) is 6.11. The van der Waals surface area contributed by atoms with E-state index in [1.54, 1.807) is 18.3 Å². The molecule has 96 valence electrons. The molecule has 19 heavy (non-hydrogen) atoms. The third-order valence-corrected chi connectivity index (χ3v) is 3.12. The zero-order valence-corrected chi connectivity index (χ0v) is 11.1. The topological polar surface area (TPSA) is 92.5 Å². The molecule has 8 heteroatoms. The normalized spacial score (nSPS) is 10.8. The van der Waals surface area contributed by atoms with E-state index >= 15 is 0 Å². The number of hydrogen-bond acceptors (Lipinski definition) is 5. The van der Waals surface area contributed by atoms with Crippen LogP contribution >= 0.6 is 15.9 Å². The van der Waals surface area contributed by atoms with Gasteiger partial charge < -0.3 is 11.1 Å². The molecule has 2 heterocycles. The second-order valence-corrected chi connectivity index (χ2v) is 4.67. The van der Waals surface area contributed by atoms with Gasteiger partial charge in [0.1, 0.15) is 11.6 Å². The second kappa shape index (κ2) is 4.47. The lowest BCUT2D eigenvalue weighted by molar-refractivity contribution is 0.621. The quantitative estimate of drug-likeness (QED) is 0.674. The number of nitrogen functional groups attached to an aromatic ring is 1. The minimum absolute atomic E-state index is 0.125. The maximum Gasteiger partial charge on any atom is 0.224 e. The number of rotatable bonds is 2.